The minimum atomic E-state index is -0.569. The summed E-state index contributed by atoms with van der Waals surface area (Å²) in [6, 6.07) is 12.2. The average Bonchev–Trinajstić information content (AvgIpc) is 2.63. The first-order valence-electron chi connectivity index (χ1n) is 8.49. The van der Waals surface area contributed by atoms with E-state index >= 15 is 0 Å². The molecule has 0 saturated carbocycles. The summed E-state index contributed by atoms with van der Waals surface area (Å²) in [7, 11) is 0. The monoisotopic (exact) mass is 370 g/mol. The molecule has 0 saturated heterocycles. The maximum Gasteiger partial charge on any atom is 0.271 e. The number of hydrogen-bond donors (Lipinski definition) is 3. The Morgan fingerprint density at radius 3 is 2.07 bits per heavy atom. The highest BCUT2D eigenvalue weighted by atomic mass is 16.6. The number of nitro benzene ring substituents is 1. The fourth-order valence-electron chi connectivity index (χ4n) is 2.20. The van der Waals surface area contributed by atoms with Gasteiger partial charge in [0.2, 0.25) is 11.8 Å². The number of carbonyl (C=O) groups is 2. The highest BCUT2D eigenvalue weighted by Crippen LogP contribution is 2.18. The van der Waals surface area contributed by atoms with Gasteiger partial charge in [-0.1, -0.05) is 19.9 Å². The highest BCUT2D eigenvalue weighted by molar-refractivity contribution is 5.96. The zero-order valence-electron chi connectivity index (χ0n) is 15.4. The molecule has 142 valence electrons. The van der Waals surface area contributed by atoms with Crippen molar-refractivity contribution in [3.05, 3.63) is 58.6 Å². The molecule has 0 aliphatic heterocycles. The molecule has 8 heteroatoms. The van der Waals surface area contributed by atoms with Gasteiger partial charge in [0.1, 0.15) is 6.04 Å². The molecule has 0 fully saturated rings. The average molecular weight is 370 g/mol. The van der Waals surface area contributed by atoms with E-state index in [1.54, 1.807) is 37.3 Å². The molecule has 0 spiro atoms. The van der Waals surface area contributed by atoms with E-state index in [9.17, 15) is 19.7 Å². The van der Waals surface area contributed by atoms with E-state index in [0.29, 0.717) is 17.1 Å². The van der Waals surface area contributed by atoms with Gasteiger partial charge in [-0.3, -0.25) is 19.7 Å². The molecule has 2 rings (SSSR count). The molecule has 2 amide bonds. The van der Waals surface area contributed by atoms with Gasteiger partial charge in [-0.15, -0.1) is 0 Å². The SMILES string of the molecule is CC(C)C(=O)Nc1ccc(NC(C)C(=O)Nc2cccc([N+](=O)[O-])c2)cc1. The van der Waals surface area contributed by atoms with E-state index in [2.05, 4.69) is 16.0 Å². The van der Waals surface area contributed by atoms with Gasteiger partial charge in [-0.25, -0.2) is 0 Å². The molecule has 27 heavy (non-hydrogen) atoms. The van der Waals surface area contributed by atoms with Crippen LogP contribution in [0, 0.1) is 16.0 Å². The zero-order valence-corrected chi connectivity index (χ0v) is 15.4. The Hall–Kier alpha value is -3.42. The van der Waals surface area contributed by atoms with Crippen LogP contribution in [0.4, 0.5) is 22.7 Å². The molecule has 3 N–H and O–H groups in total. The number of hydrogen-bond acceptors (Lipinski definition) is 5. The Labute approximate surface area is 157 Å². The van der Waals surface area contributed by atoms with Crippen molar-refractivity contribution in [2.75, 3.05) is 16.0 Å². The Morgan fingerprint density at radius 1 is 0.889 bits per heavy atom. The van der Waals surface area contributed by atoms with Crippen LogP contribution in [-0.2, 0) is 9.59 Å². The molecule has 0 bridgehead atoms. The van der Waals surface area contributed by atoms with Crippen molar-refractivity contribution in [2.45, 2.75) is 26.8 Å². The van der Waals surface area contributed by atoms with Gasteiger partial charge in [0.05, 0.1) is 4.92 Å². The van der Waals surface area contributed by atoms with E-state index in [1.165, 1.54) is 18.2 Å². The van der Waals surface area contributed by atoms with Crippen LogP contribution < -0.4 is 16.0 Å². The molecular formula is C19H22N4O4. The summed E-state index contributed by atoms with van der Waals surface area (Å²) >= 11 is 0. The number of nitrogens with zero attached hydrogens (tertiary/aromatic N) is 1. The number of nitro groups is 1. The van der Waals surface area contributed by atoms with Crippen LogP contribution in [0.15, 0.2) is 48.5 Å². The minimum Gasteiger partial charge on any atom is -0.374 e. The zero-order chi connectivity index (χ0) is 20.0. The lowest BCUT2D eigenvalue weighted by atomic mass is 10.2. The van der Waals surface area contributed by atoms with Gasteiger partial charge in [0.15, 0.2) is 0 Å². The van der Waals surface area contributed by atoms with Crippen molar-refractivity contribution in [3.63, 3.8) is 0 Å². The second kappa shape index (κ2) is 8.79. The van der Waals surface area contributed by atoms with Crippen molar-refractivity contribution in [2.24, 2.45) is 5.92 Å². The van der Waals surface area contributed by atoms with Gasteiger partial charge in [0, 0.05) is 35.1 Å². The smallest absolute Gasteiger partial charge is 0.271 e. The fraction of sp³-hybridized carbons (Fsp3) is 0.263. The van der Waals surface area contributed by atoms with E-state index in [-0.39, 0.29) is 23.4 Å². The van der Waals surface area contributed by atoms with E-state index in [4.69, 9.17) is 0 Å². The number of rotatable bonds is 7. The topological polar surface area (TPSA) is 113 Å². The second-order valence-electron chi connectivity index (χ2n) is 6.38. The number of nitrogens with one attached hydrogen (secondary N) is 3. The highest BCUT2D eigenvalue weighted by Gasteiger charge is 2.14. The second-order valence-corrected chi connectivity index (χ2v) is 6.38. The van der Waals surface area contributed by atoms with Crippen LogP contribution in [0.25, 0.3) is 0 Å². The van der Waals surface area contributed by atoms with Gasteiger partial charge >= 0.3 is 0 Å². The summed E-state index contributed by atoms with van der Waals surface area (Å²) in [5.74, 6) is -0.506. The largest absolute Gasteiger partial charge is 0.374 e. The summed E-state index contributed by atoms with van der Waals surface area (Å²) in [5.41, 5.74) is 1.65. The lowest BCUT2D eigenvalue weighted by Crippen LogP contribution is -2.31. The number of benzene rings is 2. The summed E-state index contributed by atoms with van der Waals surface area (Å²) < 4.78 is 0. The molecule has 0 heterocycles. The fourth-order valence-corrected chi connectivity index (χ4v) is 2.20. The van der Waals surface area contributed by atoms with Crippen molar-refractivity contribution < 1.29 is 14.5 Å². The Kier molecular flexibility index (Phi) is 6.48. The van der Waals surface area contributed by atoms with Crippen LogP contribution >= 0.6 is 0 Å². The van der Waals surface area contributed by atoms with Gasteiger partial charge in [-0.05, 0) is 37.3 Å². The lowest BCUT2D eigenvalue weighted by Gasteiger charge is -2.16. The quantitative estimate of drug-likeness (QED) is 0.509. The van der Waals surface area contributed by atoms with Gasteiger partial charge in [-0.2, -0.15) is 0 Å². The molecule has 2 aromatic rings. The third-order valence-corrected chi connectivity index (χ3v) is 3.78. The molecule has 0 aromatic heterocycles. The third kappa shape index (κ3) is 5.81. The molecule has 8 nitrogen and oxygen atoms in total. The number of anilines is 3. The number of amides is 2. The summed E-state index contributed by atoms with van der Waals surface area (Å²) in [5, 5.41) is 19.3. The molecular weight excluding hydrogens is 348 g/mol. The van der Waals surface area contributed by atoms with E-state index in [0.717, 1.165) is 0 Å². The molecule has 0 aliphatic carbocycles. The summed E-state index contributed by atoms with van der Waals surface area (Å²) in [6.07, 6.45) is 0. The van der Waals surface area contributed by atoms with Crippen LogP contribution in [0.2, 0.25) is 0 Å². The van der Waals surface area contributed by atoms with E-state index in [1.807, 2.05) is 13.8 Å². The maximum atomic E-state index is 12.3. The van der Waals surface area contributed by atoms with Crippen molar-refractivity contribution in [3.8, 4) is 0 Å². The Morgan fingerprint density at radius 2 is 1.48 bits per heavy atom. The van der Waals surface area contributed by atoms with Crippen LogP contribution in [0.1, 0.15) is 20.8 Å². The first-order valence-corrected chi connectivity index (χ1v) is 8.49. The molecule has 2 aromatic carbocycles. The number of non-ortho nitro benzene ring substituents is 1. The van der Waals surface area contributed by atoms with Crippen molar-refractivity contribution in [1.29, 1.82) is 0 Å². The summed E-state index contributed by atoms with van der Waals surface area (Å²) in [4.78, 5) is 34.2. The predicted octanol–water partition coefficient (Wildman–Crippen LogP) is 3.63. The summed E-state index contributed by atoms with van der Waals surface area (Å²) in [6.45, 7) is 5.31. The molecule has 0 radical (unpaired) electrons. The molecule has 0 aliphatic rings. The van der Waals surface area contributed by atoms with Crippen LogP contribution in [0.3, 0.4) is 0 Å². The minimum absolute atomic E-state index is 0.0691. The van der Waals surface area contributed by atoms with Crippen LogP contribution in [0.5, 0.6) is 0 Å². The molecule has 1 atom stereocenters. The van der Waals surface area contributed by atoms with Gasteiger partial charge < -0.3 is 16.0 Å². The normalized spacial score (nSPS) is 11.6. The van der Waals surface area contributed by atoms with Crippen molar-refractivity contribution in [1.82, 2.24) is 0 Å². The molecule has 1 unspecified atom stereocenters. The first-order chi connectivity index (χ1) is 12.8. The van der Waals surface area contributed by atoms with Crippen molar-refractivity contribution >= 4 is 34.6 Å². The van der Waals surface area contributed by atoms with E-state index < -0.39 is 11.0 Å². The third-order valence-electron chi connectivity index (χ3n) is 3.78. The number of carbonyl (C=O) groups excluding carboxylic acids is 2. The maximum absolute atomic E-state index is 12.3. The predicted molar refractivity (Wildman–Crippen MR) is 105 cm³/mol. The first kappa shape index (κ1) is 19.9. The standard InChI is InChI=1S/C19H22N4O4/c1-12(2)18(24)21-15-9-7-14(8-10-15)20-13(3)19(25)22-16-5-4-6-17(11-16)23(26)27/h4-13,20H,1-3H3,(H,21,24)(H,22,25). The lowest BCUT2D eigenvalue weighted by molar-refractivity contribution is -0.384. The van der Waals surface area contributed by atoms with Gasteiger partial charge in [0.25, 0.3) is 5.69 Å². The Balaban J connectivity index is 1.95. The van der Waals surface area contributed by atoms with Crippen LogP contribution in [-0.4, -0.2) is 22.8 Å². The Bertz CT molecular complexity index is 834.